The van der Waals surface area contributed by atoms with Crippen LogP contribution in [0.15, 0.2) is 77.7 Å². The molecule has 0 amide bonds. The zero-order chi connectivity index (χ0) is 21.2. The van der Waals surface area contributed by atoms with Gasteiger partial charge < -0.3 is 0 Å². The van der Waals surface area contributed by atoms with Crippen molar-refractivity contribution in [3.05, 3.63) is 78.4 Å². The maximum atomic E-state index is 13.4. The van der Waals surface area contributed by atoms with Gasteiger partial charge in [0.15, 0.2) is 0 Å². The second-order valence-corrected chi connectivity index (χ2v) is 19.1. The van der Waals surface area contributed by atoms with Crippen molar-refractivity contribution in [3.63, 3.8) is 0 Å². The summed E-state index contributed by atoms with van der Waals surface area (Å²) in [6.45, 7) is 7.37. The van der Waals surface area contributed by atoms with E-state index in [1.807, 2.05) is 30.3 Å². The van der Waals surface area contributed by atoms with E-state index in [0.717, 1.165) is 9.02 Å². The Hall–Kier alpha value is -1.71. The Kier molecular flexibility index (Phi) is 6.50. The van der Waals surface area contributed by atoms with Gasteiger partial charge in [-0.1, -0.05) is 0 Å². The van der Waals surface area contributed by atoms with E-state index in [1.54, 1.807) is 33.9 Å². The zero-order valence-electron chi connectivity index (χ0n) is 17.5. The van der Waals surface area contributed by atoms with E-state index in [-0.39, 0.29) is 0 Å². The molecule has 0 saturated carbocycles. The molecule has 0 aliphatic heterocycles. The van der Waals surface area contributed by atoms with Crippen LogP contribution in [0.1, 0.15) is 26.3 Å². The van der Waals surface area contributed by atoms with Crippen molar-refractivity contribution < 1.29 is 13.2 Å². The minimum atomic E-state index is -3.46. The normalized spacial score (nSPS) is 12.2. The molecule has 0 aliphatic rings. The molecule has 0 spiro atoms. The van der Waals surface area contributed by atoms with Crippen LogP contribution < -0.4 is 14.6 Å². The van der Waals surface area contributed by atoms with Gasteiger partial charge in [-0.15, -0.1) is 0 Å². The summed E-state index contributed by atoms with van der Waals surface area (Å²) in [5, 5.41) is 0. The predicted molar refractivity (Wildman–Crippen MR) is 122 cm³/mol. The first-order chi connectivity index (χ1) is 13.6. The number of hydrogen-bond acceptors (Lipinski definition) is 3. The average molecular weight is 605 g/mol. The number of aryl methyl sites for hydroxylation is 1. The first kappa shape index (κ1) is 22.0. The molecule has 0 N–H and O–H groups in total. The van der Waals surface area contributed by atoms with Crippen LogP contribution in [0.3, 0.4) is 0 Å². The van der Waals surface area contributed by atoms with Gasteiger partial charge in [-0.25, -0.2) is 0 Å². The summed E-state index contributed by atoms with van der Waals surface area (Å²) >= 11 is -2.85. The molecular weight excluding hydrogens is 577 g/mol. The van der Waals surface area contributed by atoms with Gasteiger partial charge in [0.1, 0.15) is 0 Å². The van der Waals surface area contributed by atoms with Crippen LogP contribution in [0, 0.1) is 6.92 Å². The molecule has 0 unspecified atom stereocenters. The molecule has 0 bridgehead atoms. The van der Waals surface area contributed by atoms with Crippen molar-refractivity contribution in [1.29, 1.82) is 0 Å². The Labute approximate surface area is 182 Å². The third-order valence-electron chi connectivity index (χ3n) is 4.82. The Morgan fingerprint density at radius 2 is 1.31 bits per heavy atom. The van der Waals surface area contributed by atoms with Crippen molar-refractivity contribution in [3.8, 4) is 5.75 Å². The van der Waals surface area contributed by atoms with Gasteiger partial charge in [-0.05, 0) is 0 Å². The molecule has 0 heterocycles. The Bertz CT molecular complexity index is 1080. The van der Waals surface area contributed by atoms with E-state index in [2.05, 4.69) is 43.3 Å². The predicted octanol–water partition coefficient (Wildman–Crippen LogP) is 3.09. The van der Waals surface area contributed by atoms with E-state index >= 15 is 0 Å². The standard InChI is InChI=1S/C10H13O2S.C7H7O.C7H7.Bi/c1-10(2,3)13(11,12)9-7-5-4-6-8-9;1-8-7-5-3-2-4-6-7;1-7-5-3-2-4-6-7;/h4-7H,1-3H3;3-6H,1H3;3-6H,1H3;. The summed E-state index contributed by atoms with van der Waals surface area (Å²) in [5.74, 6) is 0.803. The molecule has 3 aromatic carbocycles. The summed E-state index contributed by atoms with van der Waals surface area (Å²) in [6.07, 6.45) is 0. The molecule has 0 saturated heterocycles. The SMILES string of the molecule is COc1cc[c]([Bi]([c]2ccc(C)cc2)[c]2ccccc2S(=O)(=O)C(C)(C)C)cc1. The van der Waals surface area contributed by atoms with E-state index in [4.69, 9.17) is 4.74 Å². The topological polar surface area (TPSA) is 43.4 Å². The molecule has 3 nitrogen and oxygen atoms in total. The first-order valence-electron chi connectivity index (χ1n) is 9.49. The summed E-state index contributed by atoms with van der Waals surface area (Å²) in [7, 11) is -1.81. The van der Waals surface area contributed by atoms with Crippen molar-refractivity contribution in [2.24, 2.45) is 0 Å². The second-order valence-electron chi connectivity index (χ2n) is 7.95. The second kappa shape index (κ2) is 8.57. The van der Waals surface area contributed by atoms with Gasteiger partial charge in [-0.2, -0.15) is 0 Å². The fourth-order valence-corrected chi connectivity index (χ4v) is 15.4. The molecule has 29 heavy (non-hydrogen) atoms. The van der Waals surface area contributed by atoms with E-state index in [1.165, 1.54) is 12.1 Å². The van der Waals surface area contributed by atoms with Crippen molar-refractivity contribution >= 4 is 41.4 Å². The number of hydrogen-bond donors (Lipinski definition) is 0. The van der Waals surface area contributed by atoms with Gasteiger partial charge in [0.2, 0.25) is 0 Å². The van der Waals surface area contributed by atoms with Crippen LogP contribution in [0.25, 0.3) is 0 Å². The molecular formula is C24H27BiO3S. The average Bonchev–Trinajstić information content (AvgIpc) is 2.69. The number of methoxy groups -OCH3 is 1. The fraction of sp³-hybridized carbons (Fsp3) is 0.250. The summed E-state index contributed by atoms with van der Waals surface area (Å²) < 4.78 is 34.8. The van der Waals surface area contributed by atoms with Gasteiger partial charge in [-0.3, -0.25) is 0 Å². The van der Waals surface area contributed by atoms with Crippen molar-refractivity contribution in [2.45, 2.75) is 37.3 Å². The Morgan fingerprint density at radius 1 is 0.793 bits per heavy atom. The van der Waals surface area contributed by atoms with Gasteiger partial charge >= 0.3 is 183 Å². The fourth-order valence-electron chi connectivity index (χ4n) is 3.05. The molecule has 0 radical (unpaired) electrons. The minimum absolute atomic E-state index is 0.474. The molecule has 0 atom stereocenters. The van der Waals surface area contributed by atoms with Crippen LogP contribution in [0.5, 0.6) is 5.75 Å². The van der Waals surface area contributed by atoms with Gasteiger partial charge in [0.05, 0.1) is 0 Å². The number of ether oxygens (including phenoxy) is 1. The monoisotopic (exact) mass is 604 g/mol. The summed E-state index contributed by atoms with van der Waals surface area (Å²) in [4.78, 5) is 0.474. The van der Waals surface area contributed by atoms with Crippen LogP contribution >= 0.6 is 0 Å². The van der Waals surface area contributed by atoms with Crippen molar-refractivity contribution in [2.75, 3.05) is 7.11 Å². The molecule has 3 rings (SSSR count). The molecule has 0 aromatic heterocycles. The van der Waals surface area contributed by atoms with E-state index in [0.29, 0.717) is 4.90 Å². The summed E-state index contributed by atoms with van der Waals surface area (Å²) in [6, 6.07) is 24.2. The zero-order valence-corrected chi connectivity index (χ0v) is 21.8. The number of benzene rings is 3. The number of sulfone groups is 1. The van der Waals surface area contributed by atoms with Gasteiger partial charge in [0.25, 0.3) is 0 Å². The van der Waals surface area contributed by atoms with Crippen LogP contribution in [0.2, 0.25) is 0 Å². The number of rotatable bonds is 5. The van der Waals surface area contributed by atoms with Crippen LogP contribution in [0.4, 0.5) is 0 Å². The van der Waals surface area contributed by atoms with Crippen LogP contribution in [-0.4, -0.2) is 42.0 Å². The van der Waals surface area contributed by atoms with Gasteiger partial charge in [0, 0.05) is 0 Å². The van der Waals surface area contributed by atoms with Crippen molar-refractivity contribution in [1.82, 2.24) is 0 Å². The molecule has 152 valence electrons. The van der Waals surface area contributed by atoms with E-state index in [9.17, 15) is 8.42 Å². The third-order valence-corrected chi connectivity index (χ3v) is 17.7. The molecule has 5 heteroatoms. The molecule has 3 aromatic rings. The summed E-state index contributed by atoms with van der Waals surface area (Å²) in [5.41, 5.74) is 1.20. The van der Waals surface area contributed by atoms with E-state index < -0.39 is 36.3 Å². The third kappa shape index (κ3) is 4.57. The quantitative estimate of drug-likeness (QED) is 0.421. The Morgan fingerprint density at radius 3 is 1.83 bits per heavy atom. The Balaban J connectivity index is 2.27. The molecule has 0 aliphatic carbocycles. The van der Waals surface area contributed by atoms with Crippen LogP contribution in [-0.2, 0) is 9.84 Å². The first-order valence-corrected chi connectivity index (χ1v) is 16.2. The maximum absolute atomic E-state index is 13.4. The molecule has 0 fully saturated rings.